The number of hydrogen-bond donors (Lipinski definition) is 2. The van der Waals surface area contributed by atoms with E-state index in [4.69, 9.17) is 9.84 Å². The van der Waals surface area contributed by atoms with Gasteiger partial charge in [-0.15, -0.1) is 0 Å². The molecular formula is C20H18N2O4. The molecule has 26 heavy (non-hydrogen) atoms. The zero-order chi connectivity index (χ0) is 18.9. The number of aliphatic carboxylic acids is 1. The average molecular weight is 350 g/mol. The Bertz CT molecular complexity index is 864. The average Bonchev–Trinajstić information content (AvgIpc) is 2.62. The van der Waals surface area contributed by atoms with Gasteiger partial charge in [0.2, 0.25) is 0 Å². The molecule has 0 bridgehead atoms. The highest BCUT2D eigenvalue weighted by atomic mass is 16.5. The summed E-state index contributed by atoms with van der Waals surface area (Å²) in [6.45, 7) is 1.95. The largest absolute Gasteiger partial charge is 0.493 e. The number of carboxylic acid groups (broad SMARTS) is 1. The molecule has 0 aliphatic carbocycles. The molecular weight excluding hydrogens is 332 g/mol. The van der Waals surface area contributed by atoms with Gasteiger partial charge in [-0.2, -0.15) is 5.26 Å². The van der Waals surface area contributed by atoms with E-state index in [1.165, 1.54) is 6.08 Å². The molecule has 0 spiro atoms. The van der Waals surface area contributed by atoms with Crippen molar-refractivity contribution in [3.63, 3.8) is 0 Å². The number of anilines is 1. The highest BCUT2D eigenvalue weighted by Gasteiger charge is 2.10. The number of para-hydroxylation sites is 1. The van der Waals surface area contributed by atoms with Crippen LogP contribution in [0.15, 0.2) is 54.1 Å². The van der Waals surface area contributed by atoms with Crippen LogP contribution in [0.4, 0.5) is 5.69 Å². The fraction of sp³-hybridized carbons (Fsp3) is 0.150. The molecule has 1 amide bonds. The maximum absolute atomic E-state index is 12.3. The minimum Gasteiger partial charge on any atom is -0.493 e. The van der Waals surface area contributed by atoms with Crippen LogP contribution in [-0.4, -0.2) is 23.6 Å². The van der Waals surface area contributed by atoms with Crippen molar-refractivity contribution >= 4 is 23.6 Å². The lowest BCUT2D eigenvalue weighted by Crippen LogP contribution is -2.14. The van der Waals surface area contributed by atoms with Gasteiger partial charge in [-0.3, -0.25) is 9.59 Å². The first-order chi connectivity index (χ1) is 12.5. The third kappa shape index (κ3) is 5.49. The predicted molar refractivity (Wildman–Crippen MR) is 97.6 cm³/mol. The predicted octanol–water partition coefficient (Wildman–Crippen LogP) is 3.39. The van der Waals surface area contributed by atoms with Gasteiger partial charge in [0.15, 0.2) is 0 Å². The number of amides is 1. The van der Waals surface area contributed by atoms with Gasteiger partial charge in [0.25, 0.3) is 5.91 Å². The molecule has 132 valence electrons. The standard InChI is InChI=1S/C20H18N2O4/c1-14-4-2-3-5-18(14)22-20(25)16(13-21)12-15-6-8-17(9-7-15)26-11-10-19(23)24/h2-9,12H,10-11H2,1H3,(H,22,25)(H,23,24)/b16-12+. The number of aryl methyl sites for hydroxylation is 1. The van der Waals surface area contributed by atoms with E-state index in [9.17, 15) is 14.9 Å². The Balaban J connectivity index is 2.06. The number of rotatable bonds is 7. The lowest BCUT2D eigenvalue weighted by molar-refractivity contribution is -0.137. The summed E-state index contributed by atoms with van der Waals surface area (Å²) in [6, 6.07) is 15.9. The van der Waals surface area contributed by atoms with Crippen molar-refractivity contribution in [1.29, 1.82) is 5.26 Å². The molecule has 6 heteroatoms. The molecule has 0 saturated heterocycles. The van der Waals surface area contributed by atoms with Crippen LogP contribution < -0.4 is 10.1 Å². The van der Waals surface area contributed by atoms with Gasteiger partial charge in [0.1, 0.15) is 17.4 Å². The number of hydrogen-bond acceptors (Lipinski definition) is 4. The Morgan fingerprint density at radius 3 is 2.50 bits per heavy atom. The van der Waals surface area contributed by atoms with Crippen LogP contribution in [0.2, 0.25) is 0 Å². The lowest BCUT2D eigenvalue weighted by atomic mass is 10.1. The summed E-state index contributed by atoms with van der Waals surface area (Å²) in [6.07, 6.45) is 1.40. The number of carbonyl (C=O) groups excluding carboxylic acids is 1. The van der Waals surface area contributed by atoms with Gasteiger partial charge in [-0.1, -0.05) is 30.3 Å². The Morgan fingerprint density at radius 2 is 1.88 bits per heavy atom. The number of carboxylic acids is 1. The van der Waals surface area contributed by atoms with Gasteiger partial charge in [-0.05, 0) is 42.3 Å². The van der Waals surface area contributed by atoms with E-state index in [0.717, 1.165) is 5.56 Å². The molecule has 0 saturated carbocycles. The molecule has 0 aliphatic rings. The lowest BCUT2D eigenvalue weighted by Gasteiger charge is -2.07. The number of nitrogens with zero attached hydrogens (tertiary/aromatic N) is 1. The molecule has 2 N–H and O–H groups in total. The van der Waals surface area contributed by atoms with Crippen LogP contribution in [0.1, 0.15) is 17.5 Å². The maximum Gasteiger partial charge on any atom is 0.306 e. The third-order valence-electron chi connectivity index (χ3n) is 3.53. The van der Waals surface area contributed by atoms with E-state index in [1.54, 1.807) is 30.3 Å². The SMILES string of the molecule is Cc1ccccc1NC(=O)/C(C#N)=C/c1ccc(OCCC(=O)O)cc1. The Hall–Kier alpha value is -3.59. The second-order valence-electron chi connectivity index (χ2n) is 5.50. The van der Waals surface area contributed by atoms with Crippen LogP contribution in [0.3, 0.4) is 0 Å². The quantitative estimate of drug-likeness (QED) is 0.589. The van der Waals surface area contributed by atoms with E-state index < -0.39 is 11.9 Å². The molecule has 0 aliphatic heterocycles. The maximum atomic E-state index is 12.3. The monoisotopic (exact) mass is 350 g/mol. The van der Waals surface area contributed by atoms with Gasteiger partial charge in [0.05, 0.1) is 13.0 Å². The molecule has 0 aromatic heterocycles. The summed E-state index contributed by atoms with van der Waals surface area (Å²) in [5, 5.41) is 20.6. The van der Waals surface area contributed by atoms with Gasteiger partial charge in [0, 0.05) is 5.69 Å². The molecule has 2 aromatic rings. The first-order valence-electron chi connectivity index (χ1n) is 7.93. The first-order valence-corrected chi connectivity index (χ1v) is 7.93. The number of ether oxygens (including phenoxy) is 1. The minimum absolute atomic E-state index is 0.0206. The Labute approximate surface area is 151 Å². The van der Waals surface area contributed by atoms with Crippen molar-refractivity contribution in [2.75, 3.05) is 11.9 Å². The Kier molecular flexibility index (Phi) is 6.52. The van der Waals surface area contributed by atoms with Crippen LogP contribution in [0, 0.1) is 18.3 Å². The van der Waals surface area contributed by atoms with E-state index in [2.05, 4.69) is 5.32 Å². The van der Waals surface area contributed by atoms with Crippen molar-refractivity contribution in [3.8, 4) is 11.8 Å². The van der Waals surface area contributed by atoms with Crippen LogP contribution >= 0.6 is 0 Å². The topological polar surface area (TPSA) is 99.4 Å². The Morgan fingerprint density at radius 1 is 1.19 bits per heavy atom. The number of carbonyl (C=O) groups is 2. The van der Waals surface area contributed by atoms with Crippen LogP contribution in [-0.2, 0) is 9.59 Å². The van der Waals surface area contributed by atoms with E-state index in [-0.39, 0.29) is 18.6 Å². The second-order valence-corrected chi connectivity index (χ2v) is 5.50. The molecule has 6 nitrogen and oxygen atoms in total. The zero-order valence-corrected chi connectivity index (χ0v) is 14.2. The minimum atomic E-state index is -0.928. The fourth-order valence-corrected chi connectivity index (χ4v) is 2.13. The summed E-state index contributed by atoms with van der Waals surface area (Å²) in [4.78, 5) is 22.7. The van der Waals surface area contributed by atoms with Gasteiger partial charge >= 0.3 is 5.97 Å². The van der Waals surface area contributed by atoms with Crippen LogP contribution in [0.25, 0.3) is 6.08 Å². The van der Waals surface area contributed by atoms with Crippen LogP contribution in [0.5, 0.6) is 5.75 Å². The molecule has 2 rings (SSSR count). The van der Waals surface area contributed by atoms with Crippen molar-refractivity contribution in [3.05, 3.63) is 65.2 Å². The summed E-state index contributed by atoms with van der Waals surface area (Å²) in [5.41, 5.74) is 2.20. The third-order valence-corrected chi connectivity index (χ3v) is 3.53. The van der Waals surface area contributed by atoms with E-state index in [1.807, 2.05) is 31.2 Å². The highest BCUT2D eigenvalue weighted by molar-refractivity contribution is 6.09. The molecule has 0 radical (unpaired) electrons. The van der Waals surface area contributed by atoms with E-state index in [0.29, 0.717) is 17.0 Å². The van der Waals surface area contributed by atoms with Gasteiger partial charge in [-0.25, -0.2) is 0 Å². The second kappa shape index (κ2) is 9.04. The van der Waals surface area contributed by atoms with Crippen molar-refractivity contribution in [2.24, 2.45) is 0 Å². The normalized spacial score (nSPS) is 10.7. The smallest absolute Gasteiger partial charge is 0.306 e. The first kappa shape index (κ1) is 18.7. The zero-order valence-electron chi connectivity index (χ0n) is 14.2. The number of benzene rings is 2. The van der Waals surface area contributed by atoms with Crippen molar-refractivity contribution < 1.29 is 19.4 Å². The number of nitrogens with one attached hydrogen (secondary N) is 1. The van der Waals surface area contributed by atoms with E-state index >= 15 is 0 Å². The number of nitriles is 1. The van der Waals surface area contributed by atoms with Crippen molar-refractivity contribution in [2.45, 2.75) is 13.3 Å². The molecule has 0 unspecified atom stereocenters. The molecule has 0 heterocycles. The molecule has 0 atom stereocenters. The summed E-state index contributed by atoms with van der Waals surface area (Å²) in [5.74, 6) is -0.891. The molecule has 0 fully saturated rings. The highest BCUT2D eigenvalue weighted by Crippen LogP contribution is 2.17. The fourth-order valence-electron chi connectivity index (χ4n) is 2.13. The van der Waals surface area contributed by atoms with Gasteiger partial charge < -0.3 is 15.2 Å². The summed E-state index contributed by atoms with van der Waals surface area (Å²) in [7, 11) is 0. The molecule has 2 aromatic carbocycles. The summed E-state index contributed by atoms with van der Waals surface area (Å²) >= 11 is 0. The summed E-state index contributed by atoms with van der Waals surface area (Å²) < 4.78 is 5.30. The van der Waals surface area contributed by atoms with Crippen molar-refractivity contribution in [1.82, 2.24) is 0 Å².